The van der Waals surface area contributed by atoms with Gasteiger partial charge in [-0.3, -0.25) is 0 Å². The number of rotatable bonds is 2. The molecule has 0 N–H and O–H groups in total. The zero-order valence-corrected chi connectivity index (χ0v) is 14.9. The lowest BCUT2D eigenvalue weighted by Gasteiger charge is -2.41. The number of aromatic nitrogens is 1. The summed E-state index contributed by atoms with van der Waals surface area (Å²) < 4.78 is 10.1. The fraction of sp³-hybridized carbons (Fsp3) is 0.588. The van der Waals surface area contributed by atoms with Gasteiger partial charge in [-0.2, -0.15) is 0 Å². The summed E-state index contributed by atoms with van der Waals surface area (Å²) in [7, 11) is 1.33. The molecule has 2 rings (SSSR count). The fourth-order valence-corrected chi connectivity index (χ4v) is 2.58. The highest BCUT2D eigenvalue weighted by Gasteiger charge is 2.31. The van der Waals surface area contributed by atoms with Crippen LogP contribution in [0.5, 0.6) is 0 Å². The van der Waals surface area contributed by atoms with Gasteiger partial charge in [0.05, 0.1) is 19.0 Å². The van der Waals surface area contributed by atoms with Crippen LogP contribution in [0.25, 0.3) is 0 Å². The van der Waals surface area contributed by atoms with Crippen molar-refractivity contribution in [3.63, 3.8) is 0 Å². The minimum Gasteiger partial charge on any atom is -0.464 e. The zero-order chi connectivity index (χ0) is 17.9. The molecule has 24 heavy (non-hydrogen) atoms. The van der Waals surface area contributed by atoms with Gasteiger partial charge in [0, 0.05) is 25.7 Å². The van der Waals surface area contributed by atoms with Crippen molar-refractivity contribution in [2.45, 2.75) is 39.3 Å². The number of hydrogen-bond donors (Lipinski definition) is 0. The van der Waals surface area contributed by atoms with E-state index in [1.807, 2.05) is 33.8 Å². The predicted molar refractivity (Wildman–Crippen MR) is 90.2 cm³/mol. The third kappa shape index (κ3) is 4.37. The molecule has 1 aromatic rings. The van der Waals surface area contributed by atoms with Crippen LogP contribution in [0.4, 0.5) is 10.5 Å². The van der Waals surface area contributed by atoms with Gasteiger partial charge in [-0.25, -0.2) is 14.6 Å². The zero-order valence-electron chi connectivity index (χ0n) is 14.9. The van der Waals surface area contributed by atoms with Crippen LogP contribution in [0.3, 0.4) is 0 Å². The Morgan fingerprint density at radius 2 is 1.96 bits per heavy atom. The third-order valence-corrected chi connectivity index (χ3v) is 3.76. The number of carbonyl (C=O) groups excluding carboxylic acids is 2. The number of anilines is 1. The largest absolute Gasteiger partial charge is 0.464 e. The number of pyridine rings is 1. The number of esters is 1. The molecule has 0 aromatic carbocycles. The van der Waals surface area contributed by atoms with E-state index in [4.69, 9.17) is 4.74 Å². The summed E-state index contributed by atoms with van der Waals surface area (Å²) in [6, 6.07) is 3.51. The summed E-state index contributed by atoms with van der Waals surface area (Å²) in [5, 5.41) is 0. The van der Waals surface area contributed by atoms with Crippen molar-refractivity contribution in [3.05, 3.63) is 24.0 Å². The minimum absolute atomic E-state index is 0.0221. The van der Waals surface area contributed by atoms with E-state index in [1.54, 1.807) is 17.2 Å². The van der Waals surface area contributed by atoms with Crippen molar-refractivity contribution < 1.29 is 19.1 Å². The first kappa shape index (κ1) is 18.0. The van der Waals surface area contributed by atoms with Gasteiger partial charge in [-0.1, -0.05) is 0 Å². The Hall–Kier alpha value is -2.31. The van der Waals surface area contributed by atoms with Gasteiger partial charge in [0.15, 0.2) is 0 Å². The number of amides is 1. The number of hydrogen-bond acceptors (Lipinski definition) is 6. The van der Waals surface area contributed by atoms with Crippen LogP contribution in [-0.4, -0.2) is 60.3 Å². The minimum atomic E-state index is -0.498. The second-order valence-corrected chi connectivity index (χ2v) is 6.86. The van der Waals surface area contributed by atoms with Crippen LogP contribution < -0.4 is 4.90 Å². The smallest absolute Gasteiger partial charge is 0.410 e. The summed E-state index contributed by atoms with van der Waals surface area (Å²) in [6.45, 7) is 9.52. The van der Waals surface area contributed by atoms with Gasteiger partial charge in [-0.05, 0) is 39.8 Å². The van der Waals surface area contributed by atoms with Crippen LogP contribution in [0.15, 0.2) is 18.3 Å². The molecule has 1 amide bonds. The van der Waals surface area contributed by atoms with Crippen molar-refractivity contribution in [1.29, 1.82) is 0 Å². The third-order valence-electron chi connectivity index (χ3n) is 3.76. The Morgan fingerprint density at radius 1 is 1.25 bits per heavy atom. The molecule has 132 valence electrons. The SMILES string of the molecule is COC(=O)c1ccc(N2CCN(C(=O)OC(C)(C)C)C(C)C2)cn1. The monoisotopic (exact) mass is 335 g/mol. The summed E-state index contributed by atoms with van der Waals surface area (Å²) >= 11 is 0. The lowest BCUT2D eigenvalue weighted by Crippen LogP contribution is -2.55. The van der Waals surface area contributed by atoms with Crippen LogP contribution in [0, 0.1) is 0 Å². The molecule has 7 heteroatoms. The van der Waals surface area contributed by atoms with Gasteiger partial charge in [0.1, 0.15) is 11.3 Å². The van der Waals surface area contributed by atoms with Gasteiger partial charge in [-0.15, -0.1) is 0 Å². The molecule has 1 unspecified atom stereocenters. The van der Waals surface area contributed by atoms with Crippen molar-refractivity contribution in [2.24, 2.45) is 0 Å². The molecule has 7 nitrogen and oxygen atoms in total. The van der Waals surface area contributed by atoms with Crippen molar-refractivity contribution in [1.82, 2.24) is 9.88 Å². The Bertz CT molecular complexity index is 595. The second kappa shape index (κ2) is 7.07. The molecular weight excluding hydrogens is 310 g/mol. The Balaban J connectivity index is 2.00. The number of carbonyl (C=O) groups is 2. The van der Waals surface area contributed by atoms with Gasteiger partial charge >= 0.3 is 12.1 Å². The Kier molecular flexibility index (Phi) is 5.31. The molecule has 1 aliphatic rings. The number of nitrogens with zero attached hydrogens (tertiary/aromatic N) is 3. The molecule has 0 saturated carbocycles. The average Bonchev–Trinajstić information content (AvgIpc) is 2.52. The second-order valence-electron chi connectivity index (χ2n) is 6.86. The first-order valence-electron chi connectivity index (χ1n) is 8.00. The summed E-state index contributed by atoms with van der Waals surface area (Å²) in [4.78, 5) is 31.7. The summed E-state index contributed by atoms with van der Waals surface area (Å²) in [5.74, 6) is -0.454. The fourth-order valence-electron chi connectivity index (χ4n) is 2.58. The van der Waals surface area contributed by atoms with Crippen molar-refractivity contribution >= 4 is 17.7 Å². The Morgan fingerprint density at radius 3 is 2.46 bits per heavy atom. The van der Waals surface area contributed by atoms with E-state index < -0.39 is 11.6 Å². The van der Waals surface area contributed by atoms with E-state index in [1.165, 1.54) is 7.11 Å². The van der Waals surface area contributed by atoms with Crippen molar-refractivity contribution in [2.75, 3.05) is 31.6 Å². The summed E-state index contributed by atoms with van der Waals surface area (Å²) in [5.41, 5.74) is 0.696. The van der Waals surface area contributed by atoms with E-state index in [0.29, 0.717) is 19.6 Å². The standard InChI is InChI=1S/C17H25N3O4/c1-12-11-19(8-9-20(12)16(22)24-17(2,3)4)13-6-7-14(18-10-13)15(21)23-5/h6-7,10,12H,8-9,11H2,1-5H3. The number of ether oxygens (including phenoxy) is 2. The first-order valence-corrected chi connectivity index (χ1v) is 8.00. The molecule has 0 aliphatic carbocycles. The first-order chi connectivity index (χ1) is 11.2. The molecule has 0 radical (unpaired) electrons. The van der Waals surface area contributed by atoms with E-state index in [0.717, 1.165) is 5.69 Å². The van der Waals surface area contributed by atoms with Crippen molar-refractivity contribution in [3.8, 4) is 0 Å². The molecular formula is C17H25N3O4. The molecule has 1 aliphatic heterocycles. The molecule has 1 aromatic heterocycles. The van der Waals surface area contributed by atoms with Crippen LogP contribution >= 0.6 is 0 Å². The van der Waals surface area contributed by atoms with Gasteiger partial charge < -0.3 is 19.3 Å². The molecule has 2 heterocycles. The maximum Gasteiger partial charge on any atom is 0.410 e. The lowest BCUT2D eigenvalue weighted by molar-refractivity contribution is 0.0158. The average molecular weight is 335 g/mol. The molecule has 1 atom stereocenters. The van der Waals surface area contributed by atoms with E-state index in [2.05, 4.69) is 14.6 Å². The molecule has 0 spiro atoms. The van der Waals surface area contributed by atoms with E-state index >= 15 is 0 Å². The number of methoxy groups -OCH3 is 1. The Labute approximate surface area is 142 Å². The number of piperazine rings is 1. The predicted octanol–water partition coefficient (Wildman–Crippen LogP) is 2.31. The molecule has 1 saturated heterocycles. The van der Waals surface area contributed by atoms with Gasteiger partial charge in [0.2, 0.25) is 0 Å². The molecule has 0 bridgehead atoms. The van der Waals surface area contributed by atoms with Gasteiger partial charge in [0.25, 0.3) is 0 Å². The van der Waals surface area contributed by atoms with Crippen LogP contribution in [-0.2, 0) is 9.47 Å². The van der Waals surface area contributed by atoms with Crippen LogP contribution in [0.1, 0.15) is 38.2 Å². The lowest BCUT2D eigenvalue weighted by atomic mass is 10.1. The topological polar surface area (TPSA) is 72.0 Å². The highest BCUT2D eigenvalue weighted by atomic mass is 16.6. The molecule has 1 fully saturated rings. The summed E-state index contributed by atoms with van der Waals surface area (Å²) in [6.07, 6.45) is 1.37. The normalized spacial score (nSPS) is 18.3. The van der Waals surface area contributed by atoms with E-state index in [-0.39, 0.29) is 17.8 Å². The van der Waals surface area contributed by atoms with Crippen LogP contribution in [0.2, 0.25) is 0 Å². The quantitative estimate of drug-likeness (QED) is 0.772. The maximum atomic E-state index is 12.2. The highest BCUT2D eigenvalue weighted by Crippen LogP contribution is 2.20. The maximum absolute atomic E-state index is 12.2. The highest BCUT2D eigenvalue weighted by molar-refractivity contribution is 5.87. The van der Waals surface area contributed by atoms with E-state index in [9.17, 15) is 9.59 Å².